The molecule has 0 radical (unpaired) electrons. The molecule has 0 aliphatic carbocycles. The van der Waals surface area contributed by atoms with Gasteiger partial charge in [0.2, 0.25) is 0 Å². The molecular weight excluding hydrogens is 416 g/mol. The summed E-state index contributed by atoms with van der Waals surface area (Å²) in [5.41, 5.74) is 2.25. The minimum atomic E-state index is -0.771. The number of aliphatic hydroxyl groups excluding tert-OH is 1. The molecule has 0 amide bonds. The molecule has 4 aromatic rings. The number of aromatic nitrogens is 4. The predicted molar refractivity (Wildman–Crippen MR) is 118 cm³/mol. The number of hydrogen-bond acceptors (Lipinski definition) is 5. The molecule has 0 fully saturated rings. The van der Waals surface area contributed by atoms with Crippen molar-refractivity contribution in [3.05, 3.63) is 82.1 Å². The minimum Gasteiger partial charge on any atom is -0.396 e. The van der Waals surface area contributed by atoms with Crippen molar-refractivity contribution in [2.24, 2.45) is 0 Å². The fourth-order valence-electron chi connectivity index (χ4n) is 3.41. The summed E-state index contributed by atoms with van der Waals surface area (Å²) >= 11 is 0. The molecule has 164 valence electrons. The average molecular weight is 437 g/mol. The molecule has 0 unspecified atom stereocenters. The van der Waals surface area contributed by atoms with Crippen LogP contribution in [0.15, 0.2) is 59.4 Å². The summed E-state index contributed by atoms with van der Waals surface area (Å²) in [6, 6.07) is 13.5. The van der Waals surface area contributed by atoms with E-state index in [1.54, 1.807) is 6.07 Å². The summed E-state index contributed by atoms with van der Waals surface area (Å²) in [5.74, 6) is -1.03. The van der Waals surface area contributed by atoms with Crippen LogP contribution < -0.4 is 10.9 Å². The number of hydrogen-bond donors (Lipinski definition) is 3. The maximum Gasteiger partial charge on any atom is 0.271 e. The molecule has 2 aromatic heterocycles. The number of aliphatic hydroxyl groups is 1. The molecule has 0 saturated heterocycles. The Bertz CT molecular complexity index is 1320. The normalized spacial score (nSPS) is 11.0. The lowest BCUT2D eigenvalue weighted by Gasteiger charge is -2.12. The van der Waals surface area contributed by atoms with Crippen LogP contribution in [0, 0.1) is 18.6 Å². The van der Waals surface area contributed by atoms with Crippen molar-refractivity contribution < 1.29 is 13.9 Å². The zero-order chi connectivity index (χ0) is 22.7. The van der Waals surface area contributed by atoms with Crippen LogP contribution in [0.1, 0.15) is 12.0 Å². The van der Waals surface area contributed by atoms with Crippen molar-refractivity contribution in [2.75, 3.05) is 18.5 Å². The van der Waals surface area contributed by atoms with E-state index in [4.69, 9.17) is 5.11 Å². The second kappa shape index (κ2) is 9.11. The number of nitrogens with zero attached hydrogens (tertiary/aromatic N) is 3. The van der Waals surface area contributed by atoms with E-state index >= 15 is 0 Å². The summed E-state index contributed by atoms with van der Waals surface area (Å²) in [6.07, 6.45) is 0.481. The topological polar surface area (TPSA) is 95.8 Å². The van der Waals surface area contributed by atoms with Gasteiger partial charge in [-0.15, -0.1) is 0 Å². The lowest BCUT2D eigenvalue weighted by atomic mass is 10.0. The molecule has 2 heterocycles. The van der Waals surface area contributed by atoms with Gasteiger partial charge in [-0.25, -0.2) is 8.78 Å². The first kappa shape index (κ1) is 21.4. The maximum absolute atomic E-state index is 14.6. The van der Waals surface area contributed by atoms with Gasteiger partial charge in [-0.3, -0.25) is 9.89 Å². The summed E-state index contributed by atoms with van der Waals surface area (Å²) < 4.78 is 29.3. The number of benzene rings is 2. The van der Waals surface area contributed by atoms with Crippen LogP contribution in [0.25, 0.3) is 28.2 Å². The van der Waals surface area contributed by atoms with Gasteiger partial charge >= 0.3 is 0 Å². The minimum absolute atomic E-state index is 0.00761. The quantitative estimate of drug-likeness (QED) is 0.384. The first-order valence-electron chi connectivity index (χ1n) is 10.0. The number of anilines is 1. The molecule has 32 heavy (non-hydrogen) atoms. The Morgan fingerprint density at radius 3 is 2.69 bits per heavy atom. The number of halogens is 2. The fraction of sp³-hybridized carbons (Fsp3) is 0.174. The Hall–Kier alpha value is -3.85. The third kappa shape index (κ3) is 4.15. The van der Waals surface area contributed by atoms with Crippen molar-refractivity contribution in [3.63, 3.8) is 0 Å². The van der Waals surface area contributed by atoms with Gasteiger partial charge in [0.1, 0.15) is 23.1 Å². The molecule has 0 aliphatic heterocycles. The summed E-state index contributed by atoms with van der Waals surface area (Å²) in [5, 5.41) is 23.8. The largest absolute Gasteiger partial charge is 0.396 e. The first-order valence-corrected chi connectivity index (χ1v) is 10.0. The standard InChI is InChI=1S/C23H21F2N5O2/c1-14-5-2-3-6-19(14)30-20(32)10-9-18(29-30)21-22(16-8-7-15(24)13-17(16)25)27-28-23(21)26-11-4-12-31/h2-3,5-10,13,31H,4,11-12H2,1H3,(H2,26,27,28). The molecule has 0 bridgehead atoms. The van der Waals surface area contributed by atoms with Gasteiger partial charge in [0.25, 0.3) is 5.56 Å². The van der Waals surface area contributed by atoms with Gasteiger partial charge in [-0.1, -0.05) is 18.2 Å². The van der Waals surface area contributed by atoms with Crippen molar-refractivity contribution >= 4 is 5.82 Å². The van der Waals surface area contributed by atoms with Crippen molar-refractivity contribution in [2.45, 2.75) is 13.3 Å². The van der Waals surface area contributed by atoms with Crippen LogP contribution >= 0.6 is 0 Å². The Balaban J connectivity index is 1.90. The van der Waals surface area contributed by atoms with Gasteiger partial charge in [0.15, 0.2) is 0 Å². The SMILES string of the molecule is Cc1ccccc1-n1nc(-c2c(-c3ccc(F)cc3F)n[nH]c2NCCCO)ccc1=O. The van der Waals surface area contributed by atoms with Crippen LogP contribution in [-0.4, -0.2) is 38.2 Å². The zero-order valence-corrected chi connectivity index (χ0v) is 17.3. The Labute approximate surface area is 182 Å². The van der Waals surface area contributed by atoms with Gasteiger partial charge in [0.05, 0.1) is 16.9 Å². The number of para-hydroxylation sites is 1. The Morgan fingerprint density at radius 1 is 1.12 bits per heavy atom. The molecule has 0 atom stereocenters. The summed E-state index contributed by atoms with van der Waals surface area (Å²) in [6.45, 7) is 2.29. The van der Waals surface area contributed by atoms with Crippen molar-refractivity contribution in [3.8, 4) is 28.2 Å². The highest BCUT2D eigenvalue weighted by Crippen LogP contribution is 2.36. The van der Waals surface area contributed by atoms with Gasteiger partial charge in [0, 0.05) is 30.8 Å². The average Bonchev–Trinajstić information content (AvgIpc) is 3.18. The third-order valence-corrected chi connectivity index (χ3v) is 4.99. The van der Waals surface area contributed by atoms with Crippen LogP contribution in [0.4, 0.5) is 14.6 Å². The van der Waals surface area contributed by atoms with Crippen LogP contribution in [-0.2, 0) is 0 Å². The highest BCUT2D eigenvalue weighted by atomic mass is 19.1. The predicted octanol–water partition coefficient (Wildman–Crippen LogP) is 3.67. The molecular formula is C23H21F2N5O2. The van der Waals surface area contributed by atoms with Crippen molar-refractivity contribution in [1.29, 1.82) is 0 Å². The maximum atomic E-state index is 14.6. The summed E-state index contributed by atoms with van der Waals surface area (Å²) in [7, 11) is 0. The molecule has 7 nitrogen and oxygen atoms in total. The number of aromatic amines is 1. The zero-order valence-electron chi connectivity index (χ0n) is 17.3. The molecule has 0 aliphatic rings. The molecule has 2 aromatic carbocycles. The van der Waals surface area contributed by atoms with Gasteiger partial charge in [-0.05, 0) is 43.2 Å². The van der Waals surface area contributed by atoms with Crippen LogP contribution in [0.3, 0.4) is 0 Å². The van der Waals surface area contributed by atoms with Crippen LogP contribution in [0.5, 0.6) is 0 Å². The van der Waals surface area contributed by atoms with E-state index in [2.05, 4.69) is 20.6 Å². The monoisotopic (exact) mass is 437 g/mol. The Morgan fingerprint density at radius 2 is 1.94 bits per heavy atom. The van der Waals surface area contributed by atoms with Crippen molar-refractivity contribution in [1.82, 2.24) is 20.0 Å². The van der Waals surface area contributed by atoms with E-state index in [0.29, 0.717) is 35.7 Å². The summed E-state index contributed by atoms with van der Waals surface area (Å²) in [4.78, 5) is 12.6. The van der Waals surface area contributed by atoms with Gasteiger partial charge in [-0.2, -0.15) is 14.9 Å². The Kier molecular flexibility index (Phi) is 6.09. The molecule has 0 saturated carbocycles. The van der Waals surface area contributed by atoms with E-state index < -0.39 is 11.6 Å². The van der Waals surface area contributed by atoms with E-state index in [1.807, 2.05) is 25.1 Å². The lowest BCUT2D eigenvalue weighted by Crippen LogP contribution is -2.21. The van der Waals surface area contributed by atoms with E-state index in [9.17, 15) is 13.6 Å². The highest BCUT2D eigenvalue weighted by molar-refractivity contribution is 5.87. The first-order chi connectivity index (χ1) is 15.5. The number of aryl methyl sites for hydroxylation is 1. The van der Waals surface area contributed by atoms with E-state index in [1.165, 1.54) is 22.9 Å². The molecule has 3 N–H and O–H groups in total. The van der Waals surface area contributed by atoms with E-state index in [0.717, 1.165) is 17.7 Å². The number of nitrogens with one attached hydrogen (secondary N) is 2. The highest BCUT2D eigenvalue weighted by Gasteiger charge is 2.22. The second-order valence-electron chi connectivity index (χ2n) is 7.21. The fourth-order valence-corrected chi connectivity index (χ4v) is 3.41. The van der Waals surface area contributed by atoms with Gasteiger partial charge < -0.3 is 10.4 Å². The molecule has 4 rings (SSSR count). The number of H-pyrrole nitrogens is 1. The molecule has 9 heteroatoms. The smallest absolute Gasteiger partial charge is 0.271 e. The van der Waals surface area contributed by atoms with Crippen LogP contribution in [0.2, 0.25) is 0 Å². The lowest BCUT2D eigenvalue weighted by molar-refractivity contribution is 0.292. The number of rotatable bonds is 7. The van der Waals surface area contributed by atoms with E-state index in [-0.39, 0.29) is 23.4 Å². The molecule has 0 spiro atoms. The second-order valence-corrected chi connectivity index (χ2v) is 7.21. The third-order valence-electron chi connectivity index (χ3n) is 4.99.